The summed E-state index contributed by atoms with van der Waals surface area (Å²) in [6, 6.07) is 5.14. The maximum atomic E-state index is 11.3. The van der Waals surface area contributed by atoms with Crippen molar-refractivity contribution in [2.75, 3.05) is 6.54 Å². The Morgan fingerprint density at radius 2 is 2.36 bits per heavy atom. The molecule has 4 heteroatoms. The highest BCUT2D eigenvalue weighted by Gasteiger charge is 2.07. The van der Waals surface area contributed by atoms with Crippen molar-refractivity contribution >= 4 is 16.9 Å². The topological polar surface area (TPSA) is 69.1 Å². The zero-order valence-corrected chi connectivity index (χ0v) is 7.78. The van der Waals surface area contributed by atoms with Gasteiger partial charge in [-0.25, -0.2) is 4.98 Å². The number of Topliss-reactive ketones (excluding diaryl/α,β-unsaturated/α-hetero) is 1. The van der Waals surface area contributed by atoms with E-state index in [0.717, 1.165) is 5.52 Å². The predicted octanol–water partition coefficient (Wildman–Crippen LogP) is 1.28. The number of nitrogens with two attached hydrogens (primary N) is 1. The molecule has 1 heterocycles. The van der Waals surface area contributed by atoms with E-state index >= 15 is 0 Å². The average Bonchev–Trinajstić information content (AvgIpc) is 2.55. The highest BCUT2D eigenvalue weighted by molar-refractivity contribution is 5.99. The van der Waals surface area contributed by atoms with Gasteiger partial charge in [0.25, 0.3) is 0 Å². The summed E-state index contributed by atoms with van der Waals surface area (Å²) in [7, 11) is 0. The van der Waals surface area contributed by atoms with Gasteiger partial charge in [-0.15, -0.1) is 0 Å². The number of carbonyl (C=O) groups excluding carboxylic acids is 1. The van der Waals surface area contributed by atoms with Gasteiger partial charge in [0.2, 0.25) is 0 Å². The molecule has 0 aliphatic heterocycles. The second-order valence-electron chi connectivity index (χ2n) is 3.04. The van der Waals surface area contributed by atoms with Gasteiger partial charge >= 0.3 is 0 Å². The minimum Gasteiger partial charge on any atom is -0.441 e. The van der Waals surface area contributed by atoms with Crippen LogP contribution in [0.4, 0.5) is 0 Å². The zero-order chi connectivity index (χ0) is 10.1. The molecule has 0 aliphatic rings. The van der Waals surface area contributed by atoms with E-state index in [-0.39, 0.29) is 12.3 Å². The monoisotopic (exact) mass is 190 g/mol. The maximum absolute atomic E-state index is 11.3. The molecule has 0 bridgehead atoms. The van der Waals surface area contributed by atoms with Gasteiger partial charge in [0.05, 0.1) is 6.54 Å². The SMILES string of the molecule is Cc1nc2ccc(C(=O)CN)cc2o1. The summed E-state index contributed by atoms with van der Waals surface area (Å²) in [5, 5.41) is 0. The molecule has 2 rings (SSSR count). The first kappa shape index (κ1) is 8.90. The predicted molar refractivity (Wildman–Crippen MR) is 52.1 cm³/mol. The molecule has 1 aromatic carbocycles. The molecular weight excluding hydrogens is 180 g/mol. The highest BCUT2D eigenvalue weighted by atomic mass is 16.3. The van der Waals surface area contributed by atoms with Crippen LogP contribution >= 0.6 is 0 Å². The number of aryl methyl sites for hydroxylation is 1. The van der Waals surface area contributed by atoms with Gasteiger partial charge in [-0.2, -0.15) is 0 Å². The van der Waals surface area contributed by atoms with Crippen molar-refractivity contribution in [2.45, 2.75) is 6.92 Å². The van der Waals surface area contributed by atoms with Gasteiger partial charge in [0.1, 0.15) is 5.52 Å². The first-order valence-corrected chi connectivity index (χ1v) is 4.31. The number of oxazole rings is 1. The molecule has 0 saturated carbocycles. The van der Waals surface area contributed by atoms with Crippen LogP contribution in [0.15, 0.2) is 22.6 Å². The Kier molecular flexibility index (Phi) is 2.05. The second-order valence-corrected chi connectivity index (χ2v) is 3.04. The normalized spacial score (nSPS) is 10.7. The lowest BCUT2D eigenvalue weighted by Crippen LogP contribution is -2.13. The summed E-state index contributed by atoms with van der Waals surface area (Å²) in [5.41, 5.74) is 7.21. The van der Waals surface area contributed by atoms with Crippen LogP contribution < -0.4 is 5.73 Å². The molecule has 14 heavy (non-hydrogen) atoms. The van der Waals surface area contributed by atoms with Crippen LogP contribution in [0.5, 0.6) is 0 Å². The largest absolute Gasteiger partial charge is 0.441 e. The lowest BCUT2D eigenvalue weighted by Gasteiger charge is -1.95. The fourth-order valence-electron chi connectivity index (χ4n) is 1.33. The van der Waals surface area contributed by atoms with Crippen molar-refractivity contribution in [1.29, 1.82) is 0 Å². The van der Waals surface area contributed by atoms with E-state index in [1.54, 1.807) is 25.1 Å². The van der Waals surface area contributed by atoms with Crippen LogP contribution in [0.25, 0.3) is 11.1 Å². The van der Waals surface area contributed by atoms with E-state index in [1.165, 1.54) is 0 Å². The van der Waals surface area contributed by atoms with E-state index in [4.69, 9.17) is 10.2 Å². The number of aromatic nitrogens is 1. The number of rotatable bonds is 2. The summed E-state index contributed by atoms with van der Waals surface area (Å²) in [6.45, 7) is 1.78. The first-order chi connectivity index (χ1) is 6.70. The van der Waals surface area contributed by atoms with Crippen molar-refractivity contribution in [3.05, 3.63) is 29.7 Å². The van der Waals surface area contributed by atoms with Gasteiger partial charge in [-0.05, 0) is 18.2 Å². The average molecular weight is 190 g/mol. The number of hydrogen-bond donors (Lipinski definition) is 1. The fourth-order valence-corrected chi connectivity index (χ4v) is 1.33. The molecule has 0 aliphatic carbocycles. The number of fused-ring (bicyclic) bond motifs is 1. The minimum atomic E-state index is -0.0963. The highest BCUT2D eigenvalue weighted by Crippen LogP contribution is 2.16. The van der Waals surface area contributed by atoms with Crippen LogP contribution in [0.1, 0.15) is 16.2 Å². The smallest absolute Gasteiger partial charge is 0.192 e. The number of benzene rings is 1. The Morgan fingerprint density at radius 1 is 1.57 bits per heavy atom. The van der Waals surface area contributed by atoms with Crippen LogP contribution in [0, 0.1) is 6.92 Å². The van der Waals surface area contributed by atoms with Crippen molar-refractivity contribution in [2.24, 2.45) is 5.73 Å². The van der Waals surface area contributed by atoms with Gasteiger partial charge in [0, 0.05) is 12.5 Å². The lowest BCUT2D eigenvalue weighted by atomic mass is 10.1. The van der Waals surface area contributed by atoms with Crippen molar-refractivity contribution in [3.63, 3.8) is 0 Å². The summed E-state index contributed by atoms with van der Waals surface area (Å²) in [4.78, 5) is 15.4. The van der Waals surface area contributed by atoms with Crippen molar-refractivity contribution < 1.29 is 9.21 Å². The van der Waals surface area contributed by atoms with Crippen molar-refractivity contribution in [3.8, 4) is 0 Å². The summed E-state index contributed by atoms with van der Waals surface area (Å²) in [5.74, 6) is 0.498. The molecular formula is C10H10N2O2. The van der Waals surface area contributed by atoms with E-state index in [1.807, 2.05) is 0 Å². The fraction of sp³-hybridized carbons (Fsp3) is 0.200. The number of hydrogen-bond acceptors (Lipinski definition) is 4. The molecule has 0 saturated heterocycles. The molecule has 0 unspecified atom stereocenters. The molecule has 4 nitrogen and oxygen atoms in total. The van der Waals surface area contributed by atoms with E-state index in [9.17, 15) is 4.79 Å². The second kappa shape index (κ2) is 3.23. The number of nitrogens with zero attached hydrogens (tertiary/aromatic N) is 1. The van der Waals surface area contributed by atoms with E-state index < -0.39 is 0 Å². The van der Waals surface area contributed by atoms with Crippen LogP contribution in [0.3, 0.4) is 0 Å². The Balaban J connectivity index is 2.55. The van der Waals surface area contributed by atoms with E-state index in [0.29, 0.717) is 17.0 Å². The van der Waals surface area contributed by atoms with Gasteiger partial charge in [0.15, 0.2) is 17.3 Å². The molecule has 0 spiro atoms. The quantitative estimate of drug-likeness (QED) is 0.724. The molecule has 0 amide bonds. The summed E-state index contributed by atoms with van der Waals surface area (Å²) in [6.07, 6.45) is 0. The summed E-state index contributed by atoms with van der Waals surface area (Å²) < 4.78 is 5.30. The van der Waals surface area contributed by atoms with Gasteiger partial charge in [-0.1, -0.05) is 0 Å². The molecule has 2 N–H and O–H groups in total. The third-order valence-electron chi connectivity index (χ3n) is 2.00. The zero-order valence-electron chi connectivity index (χ0n) is 7.78. The number of ketones is 1. The first-order valence-electron chi connectivity index (χ1n) is 4.31. The van der Waals surface area contributed by atoms with Gasteiger partial charge in [-0.3, -0.25) is 4.79 Å². The third kappa shape index (κ3) is 1.40. The van der Waals surface area contributed by atoms with Crippen LogP contribution in [0.2, 0.25) is 0 Å². The van der Waals surface area contributed by atoms with Crippen LogP contribution in [-0.2, 0) is 0 Å². The minimum absolute atomic E-state index is 0.0125. The standard InChI is InChI=1S/C10H10N2O2/c1-6-12-8-3-2-7(9(13)5-11)4-10(8)14-6/h2-4H,5,11H2,1H3. The van der Waals surface area contributed by atoms with Crippen LogP contribution in [-0.4, -0.2) is 17.3 Å². The third-order valence-corrected chi connectivity index (χ3v) is 2.00. The molecule has 1 aromatic heterocycles. The Morgan fingerprint density at radius 3 is 3.07 bits per heavy atom. The maximum Gasteiger partial charge on any atom is 0.192 e. The molecule has 0 radical (unpaired) electrons. The Bertz CT molecular complexity index is 488. The molecule has 0 atom stereocenters. The van der Waals surface area contributed by atoms with Gasteiger partial charge < -0.3 is 10.2 Å². The number of carbonyl (C=O) groups is 1. The molecule has 2 aromatic rings. The summed E-state index contributed by atoms with van der Waals surface area (Å²) >= 11 is 0. The van der Waals surface area contributed by atoms with E-state index in [2.05, 4.69) is 4.98 Å². The lowest BCUT2D eigenvalue weighted by molar-refractivity contribution is 0.100. The Hall–Kier alpha value is -1.68. The Labute approximate surface area is 80.7 Å². The molecule has 0 fully saturated rings. The van der Waals surface area contributed by atoms with Crippen molar-refractivity contribution in [1.82, 2.24) is 4.98 Å². The molecule has 72 valence electrons.